The average Bonchev–Trinajstić information content (AvgIpc) is 2.95. The molecule has 0 unspecified atom stereocenters. The number of hydrogen-bond donors (Lipinski definition) is 5. The molecule has 0 saturated heterocycles. The maximum Gasteiger partial charge on any atom is 0.242 e. The van der Waals surface area contributed by atoms with Crippen LogP contribution in [0.4, 0.5) is 0 Å². The third-order valence-corrected chi connectivity index (χ3v) is 6.24. The van der Waals surface area contributed by atoms with Crippen molar-refractivity contribution in [2.24, 2.45) is 16.5 Å². The van der Waals surface area contributed by atoms with Gasteiger partial charge in [0.05, 0.1) is 12.3 Å². The predicted octanol–water partition coefficient (Wildman–Crippen LogP) is 1.96. The first-order chi connectivity index (χ1) is 18.9. The van der Waals surface area contributed by atoms with Crippen LogP contribution in [0.5, 0.6) is 0 Å². The monoisotopic (exact) mass is 528 g/mol. The summed E-state index contributed by atoms with van der Waals surface area (Å²) in [4.78, 5) is 42.5. The smallest absolute Gasteiger partial charge is 0.242 e. The molecule has 3 aromatic rings. The zero-order valence-corrected chi connectivity index (χ0v) is 22.1. The van der Waals surface area contributed by atoms with Gasteiger partial charge in [0.25, 0.3) is 0 Å². The van der Waals surface area contributed by atoms with Crippen molar-refractivity contribution in [2.75, 3.05) is 13.6 Å². The highest BCUT2D eigenvalue weighted by molar-refractivity contribution is 5.92. The largest absolute Gasteiger partial charge is 0.370 e. The molecule has 1 atom stereocenters. The number of benzene rings is 3. The minimum absolute atomic E-state index is 0.0203. The molecule has 39 heavy (non-hydrogen) atoms. The summed E-state index contributed by atoms with van der Waals surface area (Å²) in [5, 5.41) is 8.49. The Labute approximate surface area is 229 Å². The maximum atomic E-state index is 13.6. The lowest BCUT2D eigenvalue weighted by molar-refractivity contribution is -0.129. The van der Waals surface area contributed by atoms with Crippen molar-refractivity contribution in [3.05, 3.63) is 107 Å². The highest BCUT2D eigenvalue weighted by atomic mass is 16.2. The Kier molecular flexibility index (Phi) is 11.1. The summed E-state index contributed by atoms with van der Waals surface area (Å²) in [7, 11) is 1.60. The van der Waals surface area contributed by atoms with E-state index in [2.05, 4.69) is 20.9 Å². The van der Waals surface area contributed by atoms with Crippen molar-refractivity contribution < 1.29 is 14.4 Å². The van der Waals surface area contributed by atoms with E-state index in [-0.39, 0.29) is 36.6 Å². The van der Waals surface area contributed by atoms with Crippen LogP contribution in [0.2, 0.25) is 0 Å². The van der Waals surface area contributed by atoms with Crippen molar-refractivity contribution in [1.82, 2.24) is 16.0 Å². The lowest BCUT2D eigenvalue weighted by Crippen LogP contribution is -2.48. The standard InChI is InChI=1S/C30H36N6O3/c1-33-26(37)19-21-14-16-22(17-15-21)20-35-28(38)25(13-8-18-34-30(31)32)36-29(39)27(23-9-4-2-5-10-23)24-11-6-3-7-12-24/h2-7,9-12,14-17,25,27H,8,13,18-20H2,1H3,(H,33,37)(H,35,38)(H,36,39)(H4,31,32,34)/t25-/m1/s1. The van der Waals surface area contributed by atoms with Crippen LogP contribution in [0, 0.1) is 0 Å². The molecule has 0 fully saturated rings. The Bertz CT molecular complexity index is 1200. The molecule has 0 aromatic heterocycles. The van der Waals surface area contributed by atoms with Gasteiger partial charge in [0, 0.05) is 20.1 Å². The van der Waals surface area contributed by atoms with Crippen LogP contribution in [-0.4, -0.2) is 43.3 Å². The Balaban J connectivity index is 1.73. The zero-order chi connectivity index (χ0) is 28.0. The Morgan fingerprint density at radius 2 is 1.36 bits per heavy atom. The van der Waals surface area contributed by atoms with Gasteiger partial charge in [-0.05, 0) is 35.1 Å². The van der Waals surface area contributed by atoms with E-state index in [1.807, 2.05) is 84.9 Å². The third-order valence-electron chi connectivity index (χ3n) is 6.24. The quantitative estimate of drug-likeness (QED) is 0.130. The number of amides is 3. The number of nitrogens with zero attached hydrogens (tertiary/aromatic N) is 1. The Morgan fingerprint density at radius 3 is 1.90 bits per heavy atom. The van der Waals surface area contributed by atoms with E-state index in [9.17, 15) is 14.4 Å². The molecule has 7 N–H and O–H groups in total. The van der Waals surface area contributed by atoms with Gasteiger partial charge >= 0.3 is 0 Å². The number of likely N-dealkylation sites (N-methyl/N-ethyl adjacent to an activating group) is 1. The van der Waals surface area contributed by atoms with Gasteiger partial charge < -0.3 is 27.4 Å². The van der Waals surface area contributed by atoms with Crippen molar-refractivity contribution in [3.63, 3.8) is 0 Å². The minimum atomic E-state index is -0.783. The van der Waals surface area contributed by atoms with E-state index in [4.69, 9.17) is 11.5 Å². The summed E-state index contributed by atoms with van der Waals surface area (Å²) in [6.07, 6.45) is 1.15. The maximum absolute atomic E-state index is 13.6. The summed E-state index contributed by atoms with van der Waals surface area (Å²) in [6.45, 7) is 0.621. The number of aliphatic imine (C=N–C) groups is 1. The molecule has 0 aliphatic heterocycles. The minimum Gasteiger partial charge on any atom is -0.370 e. The van der Waals surface area contributed by atoms with Gasteiger partial charge in [-0.15, -0.1) is 0 Å². The zero-order valence-electron chi connectivity index (χ0n) is 22.1. The predicted molar refractivity (Wildman–Crippen MR) is 153 cm³/mol. The number of guanidine groups is 1. The van der Waals surface area contributed by atoms with E-state index in [0.717, 1.165) is 22.3 Å². The van der Waals surface area contributed by atoms with Crippen LogP contribution in [-0.2, 0) is 27.3 Å². The lowest BCUT2D eigenvalue weighted by atomic mass is 9.90. The molecule has 0 aliphatic rings. The van der Waals surface area contributed by atoms with E-state index < -0.39 is 12.0 Å². The molecule has 3 amide bonds. The second-order valence-corrected chi connectivity index (χ2v) is 9.15. The van der Waals surface area contributed by atoms with Crippen LogP contribution >= 0.6 is 0 Å². The van der Waals surface area contributed by atoms with E-state index in [1.54, 1.807) is 7.05 Å². The molecule has 9 heteroatoms. The summed E-state index contributed by atoms with van der Waals surface area (Å²) in [5.41, 5.74) is 14.3. The van der Waals surface area contributed by atoms with E-state index in [1.165, 1.54) is 0 Å². The molecule has 0 aliphatic carbocycles. The number of carbonyl (C=O) groups excluding carboxylic acids is 3. The number of carbonyl (C=O) groups is 3. The SMILES string of the molecule is CNC(=O)Cc1ccc(CNC(=O)[C@@H](CCCN=C(N)N)NC(=O)C(c2ccccc2)c2ccccc2)cc1. The molecular weight excluding hydrogens is 492 g/mol. The summed E-state index contributed by atoms with van der Waals surface area (Å²) in [5.74, 6) is -1.24. The molecular formula is C30H36N6O3. The molecule has 0 radical (unpaired) electrons. The molecule has 3 aromatic carbocycles. The summed E-state index contributed by atoms with van der Waals surface area (Å²) >= 11 is 0. The highest BCUT2D eigenvalue weighted by Gasteiger charge is 2.27. The van der Waals surface area contributed by atoms with Crippen LogP contribution < -0.4 is 27.4 Å². The van der Waals surface area contributed by atoms with Crippen LogP contribution in [0.15, 0.2) is 89.9 Å². The normalized spacial score (nSPS) is 11.3. The van der Waals surface area contributed by atoms with Crippen LogP contribution in [0.3, 0.4) is 0 Å². The van der Waals surface area contributed by atoms with Gasteiger partial charge in [0.15, 0.2) is 5.96 Å². The second kappa shape index (κ2) is 14.9. The first-order valence-corrected chi connectivity index (χ1v) is 12.9. The van der Waals surface area contributed by atoms with Crippen molar-refractivity contribution >= 4 is 23.7 Å². The molecule has 3 rings (SSSR count). The fourth-order valence-corrected chi connectivity index (χ4v) is 4.17. The Hall–Kier alpha value is -4.66. The number of rotatable bonds is 13. The van der Waals surface area contributed by atoms with E-state index in [0.29, 0.717) is 19.4 Å². The van der Waals surface area contributed by atoms with Gasteiger partial charge in [-0.25, -0.2) is 0 Å². The van der Waals surface area contributed by atoms with Gasteiger partial charge in [0.2, 0.25) is 17.7 Å². The molecule has 204 valence electrons. The van der Waals surface area contributed by atoms with Gasteiger partial charge in [-0.3, -0.25) is 19.4 Å². The first-order valence-electron chi connectivity index (χ1n) is 12.9. The van der Waals surface area contributed by atoms with Gasteiger partial charge in [0.1, 0.15) is 6.04 Å². The Morgan fingerprint density at radius 1 is 0.795 bits per heavy atom. The number of nitrogens with one attached hydrogen (secondary N) is 3. The molecule has 0 spiro atoms. The van der Waals surface area contributed by atoms with E-state index >= 15 is 0 Å². The fraction of sp³-hybridized carbons (Fsp3) is 0.267. The van der Waals surface area contributed by atoms with Crippen molar-refractivity contribution in [2.45, 2.75) is 37.8 Å². The first kappa shape index (κ1) is 28.9. The van der Waals surface area contributed by atoms with Crippen LogP contribution in [0.25, 0.3) is 0 Å². The van der Waals surface area contributed by atoms with Crippen LogP contribution in [0.1, 0.15) is 41.0 Å². The van der Waals surface area contributed by atoms with Crippen molar-refractivity contribution in [1.29, 1.82) is 0 Å². The number of nitrogens with two attached hydrogens (primary N) is 2. The second-order valence-electron chi connectivity index (χ2n) is 9.15. The molecule has 9 nitrogen and oxygen atoms in total. The van der Waals surface area contributed by atoms with Crippen molar-refractivity contribution in [3.8, 4) is 0 Å². The summed E-state index contributed by atoms with van der Waals surface area (Å²) < 4.78 is 0. The topological polar surface area (TPSA) is 152 Å². The molecule has 0 bridgehead atoms. The third kappa shape index (κ3) is 9.30. The lowest BCUT2D eigenvalue weighted by Gasteiger charge is -2.23. The molecule has 0 saturated carbocycles. The van der Waals surface area contributed by atoms with Gasteiger partial charge in [-0.2, -0.15) is 0 Å². The summed E-state index contributed by atoms with van der Waals surface area (Å²) in [6, 6.07) is 25.6. The van der Waals surface area contributed by atoms with Gasteiger partial charge in [-0.1, -0.05) is 84.9 Å². The number of hydrogen-bond acceptors (Lipinski definition) is 4. The fourth-order valence-electron chi connectivity index (χ4n) is 4.17. The molecule has 0 heterocycles. The highest BCUT2D eigenvalue weighted by Crippen LogP contribution is 2.25. The average molecular weight is 529 g/mol.